The molecule has 5 heteroatoms. The van der Waals surface area contributed by atoms with Crippen molar-refractivity contribution in [2.45, 2.75) is 46.0 Å². The zero-order valence-electron chi connectivity index (χ0n) is 13.6. The molecule has 2 rings (SSSR count). The Kier molecular flexibility index (Phi) is 3.89. The summed E-state index contributed by atoms with van der Waals surface area (Å²) < 4.78 is 11.3. The Bertz CT molecular complexity index is 582. The molecule has 1 aliphatic heterocycles. The molecule has 1 aromatic carbocycles. The first kappa shape index (κ1) is 15.6. The van der Waals surface area contributed by atoms with Crippen molar-refractivity contribution in [2.24, 2.45) is 0 Å². The van der Waals surface area contributed by atoms with Crippen LogP contribution in [0.2, 0.25) is 19.6 Å². The van der Waals surface area contributed by atoms with Gasteiger partial charge in [-0.2, -0.15) is 0 Å². The third-order valence-corrected chi connectivity index (χ3v) is 4.87. The smallest absolute Gasteiger partial charge is 0.419 e. The number of fused-ring (bicyclic) bond motifs is 1. The van der Waals surface area contributed by atoms with Crippen LogP contribution in [0.4, 0.5) is 10.5 Å². The van der Waals surface area contributed by atoms with Gasteiger partial charge in [0, 0.05) is 5.32 Å². The molecule has 1 heterocycles. The molecule has 0 fully saturated rings. The van der Waals surface area contributed by atoms with Gasteiger partial charge in [-0.05, 0) is 32.9 Å². The molecular formula is C16H23NO3Si. The van der Waals surface area contributed by atoms with Crippen molar-refractivity contribution in [1.29, 1.82) is 0 Å². The van der Waals surface area contributed by atoms with Gasteiger partial charge in [0.2, 0.25) is 0 Å². The van der Waals surface area contributed by atoms with E-state index in [1.807, 2.05) is 45.0 Å². The number of hydrogen-bond acceptors (Lipinski definition) is 3. The van der Waals surface area contributed by atoms with Crippen LogP contribution in [-0.2, 0) is 4.74 Å². The molecule has 21 heavy (non-hydrogen) atoms. The molecule has 4 nitrogen and oxygen atoms in total. The second kappa shape index (κ2) is 5.22. The van der Waals surface area contributed by atoms with Gasteiger partial charge in [-0.15, -0.1) is 0 Å². The average Bonchev–Trinajstić information content (AvgIpc) is 2.34. The highest BCUT2D eigenvalue weighted by atomic mass is 28.3. The second-order valence-corrected chi connectivity index (χ2v) is 12.2. The summed E-state index contributed by atoms with van der Waals surface area (Å²) in [5.74, 6) is 0.672. The zero-order chi connectivity index (χ0) is 15.8. The standard InChI is InChI=1S/C16H23NO3Si/c1-16(2,3)20-15(18)17-12-9-7-8-10-13(12)19-11-14(17)21(4,5)6/h7-11H,1-6H3. The van der Waals surface area contributed by atoms with Gasteiger partial charge < -0.3 is 9.47 Å². The average molecular weight is 305 g/mol. The van der Waals surface area contributed by atoms with E-state index >= 15 is 0 Å². The van der Waals surface area contributed by atoms with E-state index in [4.69, 9.17) is 9.47 Å². The SMILES string of the molecule is CC(C)(C)OC(=O)N1C([Si](C)(C)C)=COc2ccccc21. The predicted molar refractivity (Wildman–Crippen MR) is 87.2 cm³/mol. The molecule has 0 unspecified atom stereocenters. The van der Waals surface area contributed by atoms with E-state index in [9.17, 15) is 4.79 Å². The summed E-state index contributed by atoms with van der Waals surface area (Å²) >= 11 is 0. The van der Waals surface area contributed by atoms with Crippen LogP contribution in [0, 0.1) is 0 Å². The Morgan fingerprint density at radius 2 is 1.81 bits per heavy atom. The number of anilines is 1. The Balaban J connectivity index is 2.46. The van der Waals surface area contributed by atoms with Crippen LogP contribution < -0.4 is 9.64 Å². The van der Waals surface area contributed by atoms with Crippen LogP contribution in [0.5, 0.6) is 5.75 Å². The molecule has 0 saturated carbocycles. The molecule has 1 aliphatic rings. The highest BCUT2D eigenvalue weighted by Crippen LogP contribution is 2.38. The van der Waals surface area contributed by atoms with Crippen molar-refractivity contribution in [1.82, 2.24) is 0 Å². The molecular weight excluding hydrogens is 282 g/mol. The van der Waals surface area contributed by atoms with Crippen LogP contribution in [0.3, 0.4) is 0 Å². The van der Waals surface area contributed by atoms with E-state index in [0.29, 0.717) is 5.75 Å². The van der Waals surface area contributed by atoms with E-state index in [2.05, 4.69) is 19.6 Å². The summed E-state index contributed by atoms with van der Waals surface area (Å²) in [5, 5.41) is 0.912. The highest BCUT2D eigenvalue weighted by Gasteiger charge is 2.37. The Hall–Kier alpha value is -1.75. The molecule has 0 aromatic heterocycles. The van der Waals surface area contributed by atoms with Crippen LogP contribution in [0.25, 0.3) is 0 Å². The number of carbonyl (C=O) groups is 1. The maximum atomic E-state index is 12.7. The molecule has 0 atom stereocenters. The third-order valence-electron chi connectivity index (χ3n) is 2.99. The predicted octanol–water partition coefficient (Wildman–Crippen LogP) is 4.54. The Labute approximate surface area is 127 Å². The van der Waals surface area contributed by atoms with Crippen molar-refractivity contribution in [3.63, 3.8) is 0 Å². The number of amides is 1. The quantitative estimate of drug-likeness (QED) is 0.715. The number of para-hydroxylation sites is 2. The largest absolute Gasteiger partial charge is 0.461 e. The van der Waals surface area contributed by atoms with Crippen molar-refractivity contribution < 1.29 is 14.3 Å². The summed E-state index contributed by atoms with van der Waals surface area (Å²) in [7, 11) is -1.76. The van der Waals surface area contributed by atoms with Gasteiger partial charge in [0.25, 0.3) is 0 Å². The maximum Gasteiger partial charge on any atom is 0.419 e. The van der Waals surface area contributed by atoms with Crippen molar-refractivity contribution in [3.05, 3.63) is 35.8 Å². The number of benzene rings is 1. The lowest BCUT2D eigenvalue weighted by Crippen LogP contribution is -2.45. The van der Waals surface area contributed by atoms with Crippen molar-refractivity contribution in [3.8, 4) is 5.75 Å². The fraction of sp³-hybridized carbons (Fsp3) is 0.438. The fourth-order valence-corrected chi connectivity index (χ4v) is 3.35. The van der Waals surface area contributed by atoms with Gasteiger partial charge >= 0.3 is 6.09 Å². The molecule has 0 bridgehead atoms. The normalized spacial score (nSPS) is 15.0. The van der Waals surface area contributed by atoms with Gasteiger partial charge in [-0.1, -0.05) is 31.8 Å². The first-order valence-electron chi connectivity index (χ1n) is 7.09. The first-order valence-corrected chi connectivity index (χ1v) is 10.6. The summed E-state index contributed by atoms with van der Waals surface area (Å²) in [6.07, 6.45) is 1.34. The van der Waals surface area contributed by atoms with Gasteiger partial charge in [0.1, 0.15) is 19.9 Å². The Morgan fingerprint density at radius 1 is 1.19 bits per heavy atom. The number of nitrogens with zero attached hydrogens (tertiary/aromatic N) is 1. The number of ether oxygens (including phenoxy) is 2. The first-order chi connectivity index (χ1) is 9.59. The van der Waals surface area contributed by atoms with E-state index in [1.54, 1.807) is 11.2 Å². The van der Waals surface area contributed by atoms with E-state index in [0.717, 1.165) is 11.0 Å². The lowest BCUT2D eigenvalue weighted by molar-refractivity contribution is 0.0591. The van der Waals surface area contributed by atoms with E-state index < -0.39 is 13.7 Å². The van der Waals surface area contributed by atoms with E-state index in [-0.39, 0.29) is 6.09 Å². The lowest BCUT2D eigenvalue weighted by atomic mass is 10.2. The molecule has 1 amide bonds. The van der Waals surface area contributed by atoms with Crippen molar-refractivity contribution in [2.75, 3.05) is 4.90 Å². The minimum Gasteiger partial charge on any atom is -0.461 e. The summed E-state index contributed by atoms with van der Waals surface area (Å²) in [6, 6.07) is 7.52. The third kappa shape index (κ3) is 3.47. The molecule has 0 spiro atoms. The minimum absolute atomic E-state index is 0.355. The Morgan fingerprint density at radius 3 is 2.38 bits per heavy atom. The molecule has 114 valence electrons. The second-order valence-electron chi connectivity index (χ2n) is 7.15. The van der Waals surface area contributed by atoms with Crippen molar-refractivity contribution >= 4 is 19.9 Å². The summed E-state index contributed by atoms with van der Waals surface area (Å²) in [4.78, 5) is 14.3. The summed E-state index contributed by atoms with van der Waals surface area (Å²) in [5.41, 5.74) is 0.209. The van der Waals surface area contributed by atoms with Crippen LogP contribution in [0.15, 0.2) is 35.8 Å². The number of hydrogen-bond donors (Lipinski definition) is 0. The van der Waals surface area contributed by atoms with Crippen LogP contribution in [0.1, 0.15) is 20.8 Å². The van der Waals surface area contributed by atoms with Crippen LogP contribution >= 0.6 is 0 Å². The lowest BCUT2D eigenvalue weighted by Gasteiger charge is -2.36. The van der Waals surface area contributed by atoms with Gasteiger partial charge in [0.15, 0.2) is 5.75 Å². The monoisotopic (exact) mass is 305 g/mol. The minimum atomic E-state index is -1.76. The van der Waals surface area contributed by atoms with Gasteiger partial charge in [0.05, 0.1) is 5.69 Å². The zero-order valence-corrected chi connectivity index (χ0v) is 14.6. The summed E-state index contributed by atoms with van der Waals surface area (Å²) in [6.45, 7) is 12.1. The van der Waals surface area contributed by atoms with Gasteiger partial charge in [-0.3, -0.25) is 0 Å². The highest BCUT2D eigenvalue weighted by molar-refractivity contribution is 6.84. The van der Waals surface area contributed by atoms with E-state index in [1.165, 1.54) is 0 Å². The molecule has 0 saturated heterocycles. The molecule has 1 aromatic rings. The van der Waals surface area contributed by atoms with Gasteiger partial charge in [-0.25, -0.2) is 9.69 Å². The fourth-order valence-electron chi connectivity index (χ4n) is 2.06. The number of carbonyl (C=O) groups excluding carboxylic acids is 1. The number of rotatable bonds is 1. The van der Waals surface area contributed by atoms with Crippen LogP contribution in [-0.4, -0.2) is 19.8 Å². The molecule has 0 aliphatic carbocycles. The maximum absolute atomic E-state index is 12.7. The topological polar surface area (TPSA) is 38.8 Å². The molecule has 0 N–H and O–H groups in total. The molecule has 0 radical (unpaired) electrons.